The molecule has 0 aliphatic carbocycles. The highest BCUT2D eigenvalue weighted by Crippen LogP contribution is 2.54. The SMILES string of the molecule is O=C1OCCCC/C=C\[C@H]2O[C@]34C=CCN(Cc5ccccc5)C(=O)C3N([C@H](CO)c3ccccc3)C(=O)[C@@H]4[C@@H]12. The Morgan fingerprint density at radius 1 is 0.950 bits per heavy atom. The molecule has 2 fully saturated rings. The molecular formula is C32H34N2O6. The van der Waals surface area contributed by atoms with Gasteiger partial charge < -0.3 is 24.4 Å². The van der Waals surface area contributed by atoms with Crippen molar-refractivity contribution in [2.45, 2.75) is 49.6 Å². The van der Waals surface area contributed by atoms with Gasteiger partial charge in [-0.2, -0.15) is 0 Å². The van der Waals surface area contributed by atoms with Gasteiger partial charge in [-0.3, -0.25) is 14.4 Å². The molecule has 2 saturated heterocycles. The van der Waals surface area contributed by atoms with Crippen molar-refractivity contribution in [3.63, 3.8) is 0 Å². The van der Waals surface area contributed by atoms with Gasteiger partial charge in [-0.05, 0) is 30.4 Å². The Labute approximate surface area is 233 Å². The van der Waals surface area contributed by atoms with Gasteiger partial charge in [0.15, 0.2) is 0 Å². The summed E-state index contributed by atoms with van der Waals surface area (Å²) < 4.78 is 12.3. The fraction of sp³-hybridized carbons (Fsp3) is 0.406. The number of carbonyl (C=O) groups excluding carboxylic acids is 3. The molecule has 2 aromatic carbocycles. The van der Waals surface area contributed by atoms with Crippen LogP contribution in [0.1, 0.15) is 36.4 Å². The molecule has 2 aromatic rings. The fourth-order valence-corrected chi connectivity index (χ4v) is 6.71. The molecule has 40 heavy (non-hydrogen) atoms. The molecule has 208 valence electrons. The molecule has 4 heterocycles. The van der Waals surface area contributed by atoms with Crippen molar-refractivity contribution >= 4 is 17.8 Å². The van der Waals surface area contributed by atoms with Crippen molar-refractivity contribution in [2.24, 2.45) is 11.8 Å². The first-order chi connectivity index (χ1) is 19.5. The number of ether oxygens (including phenoxy) is 2. The third-order valence-corrected chi connectivity index (χ3v) is 8.53. The van der Waals surface area contributed by atoms with Crippen LogP contribution in [0.3, 0.4) is 0 Å². The summed E-state index contributed by atoms with van der Waals surface area (Å²) in [7, 11) is 0. The number of carbonyl (C=O) groups is 3. The number of rotatable bonds is 5. The second kappa shape index (κ2) is 11.0. The molecule has 1 unspecified atom stereocenters. The number of cyclic esters (lactones) is 1. The topological polar surface area (TPSA) is 96.4 Å². The Hall–Kier alpha value is -3.75. The van der Waals surface area contributed by atoms with Crippen molar-refractivity contribution < 1.29 is 29.0 Å². The molecular weight excluding hydrogens is 508 g/mol. The number of aliphatic hydroxyl groups is 1. The number of benzene rings is 2. The molecule has 4 aliphatic heterocycles. The number of allylic oxidation sites excluding steroid dienone is 1. The third kappa shape index (κ3) is 4.45. The first kappa shape index (κ1) is 26.5. The number of fused-ring (bicyclic) bond motifs is 2. The van der Waals surface area contributed by atoms with Crippen LogP contribution < -0.4 is 0 Å². The van der Waals surface area contributed by atoms with E-state index in [9.17, 15) is 19.5 Å². The van der Waals surface area contributed by atoms with Crippen molar-refractivity contribution in [2.75, 3.05) is 19.8 Å². The van der Waals surface area contributed by atoms with Crippen LogP contribution in [0.5, 0.6) is 0 Å². The molecule has 6 rings (SSSR count). The van der Waals surface area contributed by atoms with E-state index in [1.54, 1.807) is 4.90 Å². The predicted molar refractivity (Wildman–Crippen MR) is 146 cm³/mol. The highest BCUT2D eigenvalue weighted by atomic mass is 16.6. The highest BCUT2D eigenvalue weighted by Gasteiger charge is 2.72. The van der Waals surface area contributed by atoms with Crippen molar-refractivity contribution in [3.8, 4) is 0 Å². The minimum Gasteiger partial charge on any atom is -0.465 e. The number of likely N-dealkylation sites (tertiary alicyclic amines) is 1. The van der Waals surface area contributed by atoms with E-state index in [1.807, 2.05) is 85.0 Å². The molecule has 0 saturated carbocycles. The van der Waals surface area contributed by atoms with Gasteiger partial charge >= 0.3 is 5.97 Å². The summed E-state index contributed by atoms with van der Waals surface area (Å²) in [5.74, 6) is -3.02. The smallest absolute Gasteiger partial charge is 0.312 e. The Kier molecular flexibility index (Phi) is 7.29. The first-order valence-electron chi connectivity index (χ1n) is 14.0. The van der Waals surface area contributed by atoms with Crippen LogP contribution in [0.25, 0.3) is 0 Å². The zero-order chi connectivity index (χ0) is 27.7. The Morgan fingerprint density at radius 3 is 2.45 bits per heavy atom. The predicted octanol–water partition coefficient (Wildman–Crippen LogP) is 3.18. The minimum atomic E-state index is -1.38. The largest absolute Gasteiger partial charge is 0.465 e. The lowest BCUT2D eigenvalue weighted by molar-refractivity contribution is -0.156. The van der Waals surface area contributed by atoms with Gasteiger partial charge in [-0.25, -0.2) is 0 Å². The second-order valence-electron chi connectivity index (χ2n) is 10.9. The number of hydrogen-bond donors (Lipinski definition) is 1. The first-order valence-corrected chi connectivity index (χ1v) is 14.0. The Balaban J connectivity index is 1.47. The van der Waals surface area contributed by atoms with E-state index in [1.165, 1.54) is 4.90 Å². The van der Waals surface area contributed by atoms with Crippen molar-refractivity contribution in [1.29, 1.82) is 0 Å². The summed E-state index contributed by atoms with van der Waals surface area (Å²) in [4.78, 5) is 45.7. The zero-order valence-corrected chi connectivity index (χ0v) is 22.3. The maximum atomic E-state index is 14.5. The summed E-state index contributed by atoms with van der Waals surface area (Å²) >= 11 is 0. The molecule has 0 radical (unpaired) electrons. The van der Waals surface area contributed by atoms with Gasteiger partial charge in [0.25, 0.3) is 0 Å². The highest BCUT2D eigenvalue weighted by molar-refractivity contribution is 5.99. The average molecular weight is 543 g/mol. The molecule has 1 N–H and O–H groups in total. The number of hydrogen-bond acceptors (Lipinski definition) is 6. The fourth-order valence-electron chi connectivity index (χ4n) is 6.71. The van der Waals surface area contributed by atoms with Crippen LogP contribution in [-0.2, 0) is 30.4 Å². The Bertz CT molecular complexity index is 1310. The molecule has 6 atom stereocenters. The summed E-state index contributed by atoms with van der Waals surface area (Å²) in [5, 5.41) is 10.6. The third-order valence-electron chi connectivity index (χ3n) is 8.53. The number of esters is 1. The quantitative estimate of drug-likeness (QED) is 0.461. The number of amides is 2. The van der Waals surface area contributed by atoms with Gasteiger partial charge in [-0.15, -0.1) is 0 Å². The van der Waals surface area contributed by atoms with Crippen molar-refractivity contribution in [3.05, 3.63) is 96.1 Å². The minimum absolute atomic E-state index is 0.278. The Morgan fingerprint density at radius 2 is 1.70 bits per heavy atom. The lowest BCUT2D eigenvalue weighted by atomic mass is 9.78. The normalized spacial score (nSPS) is 31.6. The van der Waals surface area contributed by atoms with E-state index in [-0.39, 0.29) is 25.0 Å². The molecule has 8 heteroatoms. The maximum absolute atomic E-state index is 14.5. The van der Waals surface area contributed by atoms with Crippen LogP contribution in [0, 0.1) is 11.8 Å². The standard InChI is InChI=1S/C32H34N2O6/c35-21-24(23-14-7-4-8-15-23)34-28-30(37)33(20-22-12-5-3-6-13-22)18-11-17-32(28)27(29(34)36)26-25(40-32)16-9-1-2-10-19-39-31(26)38/h3-9,11-17,24-28,35H,1-2,10,18-21H2/b16-9-/t24-,25-,26+,27+,28?,32+/m1/s1. The maximum Gasteiger partial charge on any atom is 0.312 e. The van der Waals surface area contributed by atoms with E-state index in [0.717, 1.165) is 24.8 Å². The molecule has 4 aliphatic rings. The van der Waals surface area contributed by atoms with Crippen LogP contribution in [0.15, 0.2) is 85.0 Å². The summed E-state index contributed by atoms with van der Waals surface area (Å²) in [6.07, 6.45) is 9.26. The van der Waals surface area contributed by atoms with Gasteiger partial charge in [0, 0.05) is 13.1 Å². The van der Waals surface area contributed by atoms with E-state index in [0.29, 0.717) is 18.7 Å². The number of aliphatic hydroxyl groups excluding tert-OH is 1. The van der Waals surface area contributed by atoms with E-state index in [4.69, 9.17) is 9.47 Å². The van der Waals surface area contributed by atoms with Crippen LogP contribution >= 0.6 is 0 Å². The van der Waals surface area contributed by atoms with Gasteiger partial charge in [0.05, 0.1) is 31.3 Å². The lowest BCUT2D eigenvalue weighted by Gasteiger charge is -2.38. The van der Waals surface area contributed by atoms with E-state index < -0.39 is 41.6 Å². The molecule has 8 nitrogen and oxygen atoms in total. The van der Waals surface area contributed by atoms with E-state index >= 15 is 0 Å². The van der Waals surface area contributed by atoms with Crippen LogP contribution in [0.2, 0.25) is 0 Å². The molecule has 2 amide bonds. The monoisotopic (exact) mass is 542 g/mol. The second-order valence-corrected chi connectivity index (χ2v) is 10.9. The number of nitrogens with zero attached hydrogens (tertiary/aromatic N) is 2. The summed E-state index contributed by atoms with van der Waals surface area (Å²) in [5.41, 5.74) is 0.283. The van der Waals surface area contributed by atoms with Gasteiger partial charge in [-0.1, -0.05) is 85.0 Å². The summed E-state index contributed by atoms with van der Waals surface area (Å²) in [6.45, 7) is 0.574. The molecule has 1 spiro atoms. The lowest BCUT2D eigenvalue weighted by Crippen LogP contribution is -2.56. The summed E-state index contributed by atoms with van der Waals surface area (Å²) in [6, 6.07) is 17.0. The zero-order valence-electron chi connectivity index (χ0n) is 22.3. The van der Waals surface area contributed by atoms with Crippen LogP contribution in [0.4, 0.5) is 0 Å². The van der Waals surface area contributed by atoms with Gasteiger partial charge in [0.1, 0.15) is 17.6 Å². The molecule has 0 aromatic heterocycles. The van der Waals surface area contributed by atoms with E-state index in [2.05, 4.69) is 0 Å². The average Bonchev–Trinajstić information content (AvgIpc) is 3.37. The molecule has 0 bridgehead atoms. The van der Waals surface area contributed by atoms with Gasteiger partial charge in [0.2, 0.25) is 11.8 Å². The van der Waals surface area contributed by atoms with Crippen LogP contribution in [-0.4, -0.2) is 70.2 Å². The van der Waals surface area contributed by atoms with Crippen molar-refractivity contribution in [1.82, 2.24) is 9.80 Å².